The molecule has 0 fully saturated rings. The molecule has 2 rings (SSSR count). The first-order chi connectivity index (χ1) is 9.74. The lowest BCUT2D eigenvalue weighted by Crippen LogP contribution is -2.23. The SMILES string of the molecule is CSc1ccccc1C(=O)NCc1cccc(CCl)c1. The van der Waals surface area contributed by atoms with E-state index in [4.69, 9.17) is 11.6 Å². The fourth-order valence-corrected chi connectivity index (χ4v) is 2.69. The molecule has 1 amide bonds. The van der Waals surface area contributed by atoms with E-state index < -0.39 is 0 Å². The van der Waals surface area contributed by atoms with E-state index in [9.17, 15) is 4.79 Å². The Morgan fingerprint density at radius 3 is 2.65 bits per heavy atom. The van der Waals surface area contributed by atoms with Crippen molar-refractivity contribution in [3.63, 3.8) is 0 Å². The number of benzene rings is 2. The second kappa shape index (κ2) is 7.36. The average molecular weight is 306 g/mol. The van der Waals surface area contributed by atoms with Gasteiger partial charge in [-0.1, -0.05) is 36.4 Å². The zero-order valence-corrected chi connectivity index (χ0v) is 12.8. The first kappa shape index (κ1) is 14.9. The summed E-state index contributed by atoms with van der Waals surface area (Å²) in [6, 6.07) is 15.5. The Kier molecular flexibility index (Phi) is 5.50. The smallest absolute Gasteiger partial charge is 0.252 e. The highest BCUT2D eigenvalue weighted by atomic mass is 35.5. The number of thioether (sulfide) groups is 1. The predicted octanol–water partition coefficient (Wildman–Crippen LogP) is 4.08. The average Bonchev–Trinajstić information content (AvgIpc) is 2.52. The van der Waals surface area contributed by atoms with Crippen molar-refractivity contribution in [3.05, 3.63) is 65.2 Å². The standard InChI is InChI=1S/C16H16ClNOS/c1-20-15-8-3-2-7-14(15)16(19)18-11-13-6-4-5-12(9-13)10-17/h2-9H,10-11H2,1H3,(H,18,19). The van der Waals surface area contributed by atoms with Crippen LogP contribution in [0.3, 0.4) is 0 Å². The molecule has 0 spiro atoms. The number of hydrogen-bond acceptors (Lipinski definition) is 2. The summed E-state index contributed by atoms with van der Waals surface area (Å²) in [5.74, 6) is 0.433. The molecule has 0 radical (unpaired) electrons. The van der Waals surface area contributed by atoms with E-state index in [1.807, 2.05) is 54.8 Å². The van der Waals surface area contributed by atoms with E-state index in [2.05, 4.69) is 5.32 Å². The van der Waals surface area contributed by atoms with Crippen LogP contribution in [0.15, 0.2) is 53.4 Å². The molecule has 0 aliphatic carbocycles. The molecule has 104 valence electrons. The number of rotatable bonds is 5. The number of amides is 1. The molecule has 2 nitrogen and oxygen atoms in total. The normalized spacial score (nSPS) is 10.3. The highest BCUT2D eigenvalue weighted by Crippen LogP contribution is 2.19. The maximum Gasteiger partial charge on any atom is 0.252 e. The van der Waals surface area contributed by atoms with Gasteiger partial charge in [0, 0.05) is 17.3 Å². The zero-order valence-electron chi connectivity index (χ0n) is 11.2. The van der Waals surface area contributed by atoms with Crippen LogP contribution in [0.4, 0.5) is 0 Å². The monoisotopic (exact) mass is 305 g/mol. The molecule has 0 unspecified atom stereocenters. The van der Waals surface area contributed by atoms with Gasteiger partial charge < -0.3 is 5.32 Å². The summed E-state index contributed by atoms with van der Waals surface area (Å²) >= 11 is 7.38. The van der Waals surface area contributed by atoms with Crippen molar-refractivity contribution in [2.24, 2.45) is 0 Å². The summed E-state index contributed by atoms with van der Waals surface area (Å²) in [6.45, 7) is 0.506. The Bertz CT molecular complexity index is 601. The van der Waals surface area contributed by atoms with Crippen LogP contribution in [0.5, 0.6) is 0 Å². The molecule has 0 heterocycles. The van der Waals surface area contributed by atoms with Crippen molar-refractivity contribution in [2.75, 3.05) is 6.26 Å². The Balaban J connectivity index is 2.04. The molecule has 0 saturated heterocycles. The van der Waals surface area contributed by atoms with E-state index >= 15 is 0 Å². The molecule has 4 heteroatoms. The largest absolute Gasteiger partial charge is 0.348 e. The zero-order chi connectivity index (χ0) is 14.4. The van der Waals surface area contributed by atoms with Crippen LogP contribution < -0.4 is 5.32 Å². The number of carbonyl (C=O) groups is 1. The molecule has 0 aliphatic heterocycles. The lowest BCUT2D eigenvalue weighted by molar-refractivity contribution is 0.0948. The number of alkyl halides is 1. The molecule has 0 aliphatic rings. The fraction of sp³-hybridized carbons (Fsp3) is 0.188. The van der Waals surface area contributed by atoms with Gasteiger partial charge in [0.2, 0.25) is 0 Å². The van der Waals surface area contributed by atoms with Crippen molar-refractivity contribution < 1.29 is 4.79 Å². The van der Waals surface area contributed by atoms with Gasteiger partial charge in [0.25, 0.3) is 5.91 Å². The van der Waals surface area contributed by atoms with Crippen molar-refractivity contribution >= 4 is 29.3 Å². The second-order valence-corrected chi connectivity index (χ2v) is 5.45. The molecule has 0 saturated carbocycles. The summed E-state index contributed by atoms with van der Waals surface area (Å²) in [4.78, 5) is 13.2. The molecule has 0 atom stereocenters. The van der Waals surface area contributed by atoms with Gasteiger partial charge in [0.1, 0.15) is 0 Å². The Morgan fingerprint density at radius 1 is 1.15 bits per heavy atom. The van der Waals surface area contributed by atoms with Gasteiger partial charge in [-0.05, 0) is 29.5 Å². The van der Waals surface area contributed by atoms with E-state index in [0.717, 1.165) is 16.0 Å². The minimum Gasteiger partial charge on any atom is -0.348 e. The van der Waals surface area contributed by atoms with Gasteiger partial charge in [-0.25, -0.2) is 0 Å². The number of nitrogens with one attached hydrogen (secondary N) is 1. The van der Waals surface area contributed by atoms with E-state index in [0.29, 0.717) is 18.0 Å². The maximum atomic E-state index is 12.2. The third-order valence-electron chi connectivity index (χ3n) is 2.95. The molecule has 0 aromatic heterocycles. The molecule has 0 bridgehead atoms. The summed E-state index contributed by atoms with van der Waals surface area (Å²) in [5, 5.41) is 2.95. The van der Waals surface area contributed by atoms with Crippen molar-refractivity contribution in [1.29, 1.82) is 0 Å². The minimum atomic E-state index is -0.0498. The van der Waals surface area contributed by atoms with E-state index in [1.165, 1.54) is 0 Å². The predicted molar refractivity (Wildman–Crippen MR) is 85.4 cm³/mol. The Morgan fingerprint density at radius 2 is 1.90 bits per heavy atom. The highest BCUT2D eigenvalue weighted by Gasteiger charge is 2.09. The van der Waals surface area contributed by atoms with Crippen LogP contribution in [-0.4, -0.2) is 12.2 Å². The summed E-state index contributed by atoms with van der Waals surface area (Å²) in [6.07, 6.45) is 1.97. The molecular weight excluding hydrogens is 290 g/mol. The van der Waals surface area contributed by atoms with Crippen molar-refractivity contribution in [2.45, 2.75) is 17.3 Å². The minimum absolute atomic E-state index is 0.0498. The Hall–Kier alpha value is -1.45. The molecular formula is C16H16ClNOS. The number of carbonyl (C=O) groups excluding carboxylic acids is 1. The maximum absolute atomic E-state index is 12.2. The third kappa shape index (κ3) is 3.78. The van der Waals surface area contributed by atoms with Crippen LogP contribution in [0.2, 0.25) is 0 Å². The van der Waals surface area contributed by atoms with E-state index in [-0.39, 0.29) is 5.91 Å². The summed E-state index contributed by atoms with van der Waals surface area (Å²) < 4.78 is 0. The fourth-order valence-electron chi connectivity index (χ4n) is 1.93. The summed E-state index contributed by atoms with van der Waals surface area (Å²) in [5.41, 5.74) is 2.83. The first-order valence-corrected chi connectivity index (χ1v) is 8.05. The molecule has 20 heavy (non-hydrogen) atoms. The highest BCUT2D eigenvalue weighted by molar-refractivity contribution is 7.98. The lowest BCUT2D eigenvalue weighted by Gasteiger charge is -2.09. The van der Waals surface area contributed by atoms with Gasteiger partial charge in [0.05, 0.1) is 5.56 Å². The van der Waals surface area contributed by atoms with E-state index in [1.54, 1.807) is 11.8 Å². The molecule has 2 aromatic rings. The van der Waals surface area contributed by atoms with Crippen LogP contribution in [0, 0.1) is 0 Å². The summed E-state index contributed by atoms with van der Waals surface area (Å²) in [7, 11) is 0. The number of hydrogen-bond donors (Lipinski definition) is 1. The lowest BCUT2D eigenvalue weighted by atomic mass is 10.1. The van der Waals surface area contributed by atoms with Gasteiger partial charge in [-0.15, -0.1) is 23.4 Å². The van der Waals surface area contributed by atoms with Gasteiger partial charge in [-0.3, -0.25) is 4.79 Å². The Labute approximate surface area is 128 Å². The number of halogens is 1. The molecule has 1 N–H and O–H groups in total. The van der Waals surface area contributed by atoms with Crippen molar-refractivity contribution in [1.82, 2.24) is 5.32 Å². The first-order valence-electron chi connectivity index (χ1n) is 6.29. The van der Waals surface area contributed by atoms with Crippen LogP contribution in [-0.2, 0) is 12.4 Å². The van der Waals surface area contributed by atoms with Gasteiger partial charge >= 0.3 is 0 Å². The quantitative estimate of drug-likeness (QED) is 0.666. The van der Waals surface area contributed by atoms with Gasteiger partial charge in [0.15, 0.2) is 0 Å². The van der Waals surface area contributed by atoms with Crippen LogP contribution in [0.25, 0.3) is 0 Å². The molecule has 2 aromatic carbocycles. The van der Waals surface area contributed by atoms with Crippen molar-refractivity contribution in [3.8, 4) is 0 Å². The second-order valence-electron chi connectivity index (χ2n) is 4.34. The van der Waals surface area contributed by atoms with Crippen LogP contribution in [0.1, 0.15) is 21.5 Å². The topological polar surface area (TPSA) is 29.1 Å². The van der Waals surface area contributed by atoms with Gasteiger partial charge in [-0.2, -0.15) is 0 Å². The van der Waals surface area contributed by atoms with Crippen LogP contribution >= 0.6 is 23.4 Å². The third-order valence-corrected chi connectivity index (χ3v) is 4.05.